The molecule has 0 saturated carbocycles. The van der Waals surface area contributed by atoms with Crippen molar-refractivity contribution in [3.05, 3.63) is 59.7 Å². The number of amides is 1. The van der Waals surface area contributed by atoms with Crippen molar-refractivity contribution in [1.82, 2.24) is 15.5 Å². The van der Waals surface area contributed by atoms with E-state index in [1.54, 1.807) is 32.9 Å². The number of nitrogens with one attached hydrogen (secondary N) is 3. The molecule has 1 saturated heterocycles. The van der Waals surface area contributed by atoms with E-state index in [-0.39, 0.29) is 36.5 Å². The third kappa shape index (κ3) is 10.3. The average molecular weight is 608 g/mol. The molecule has 2 aliphatic heterocycles. The summed E-state index contributed by atoms with van der Waals surface area (Å²) in [7, 11) is 0. The minimum atomic E-state index is -0.597. The number of aliphatic imine (C=N–C) groups is 1. The number of nitrogens with zero attached hydrogens (tertiary/aromatic N) is 2. The fraction of sp³-hybridized carbons (Fsp3) is 0.515. The Hall–Kier alpha value is -3.96. The molecule has 2 aromatic carbocycles. The lowest BCUT2D eigenvalue weighted by molar-refractivity contribution is -0.153. The van der Waals surface area contributed by atoms with Crippen LogP contribution < -0.4 is 20.7 Å². The van der Waals surface area contributed by atoms with Crippen LogP contribution in [0, 0.1) is 5.92 Å². The van der Waals surface area contributed by atoms with Crippen LogP contribution in [0.3, 0.4) is 0 Å². The molecule has 3 N–H and O–H groups in total. The minimum Gasteiger partial charge on any atom is -0.492 e. The minimum absolute atomic E-state index is 0.0438. The van der Waals surface area contributed by atoms with Gasteiger partial charge in [-0.05, 0) is 89.0 Å². The lowest BCUT2D eigenvalue weighted by Crippen LogP contribution is -2.41. The number of carbonyl (C=O) groups is 3. The number of rotatable bonds is 12. The maximum atomic E-state index is 12.4. The Morgan fingerprint density at radius 3 is 2.48 bits per heavy atom. The first kappa shape index (κ1) is 32.9. The van der Waals surface area contributed by atoms with E-state index >= 15 is 0 Å². The fourth-order valence-corrected chi connectivity index (χ4v) is 5.15. The molecule has 44 heavy (non-hydrogen) atoms. The van der Waals surface area contributed by atoms with Gasteiger partial charge in [0.15, 0.2) is 6.29 Å². The van der Waals surface area contributed by atoms with Gasteiger partial charge in [0.2, 0.25) is 0 Å². The van der Waals surface area contributed by atoms with Crippen LogP contribution in [0.25, 0.3) is 0 Å². The molecule has 0 aromatic heterocycles. The third-order valence-electron chi connectivity index (χ3n) is 7.32. The molecule has 1 amide bonds. The summed E-state index contributed by atoms with van der Waals surface area (Å²) in [5.41, 5.74) is 1.83. The van der Waals surface area contributed by atoms with Crippen LogP contribution in [0.5, 0.6) is 5.75 Å². The molecule has 2 aliphatic rings. The summed E-state index contributed by atoms with van der Waals surface area (Å²) >= 11 is 0. The zero-order valence-electron chi connectivity index (χ0n) is 26.1. The van der Waals surface area contributed by atoms with Gasteiger partial charge in [-0.2, -0.15) is 0 Å². The SMILES string of the molecule is CCOC(=O)C1CCCN(CCOc2ccc(NC3N=CC(c4ccc(C(=O)NCC(=O)OC(C)(C)C)cc4)CN3)cc2)C1. The highest BCUT2D eigenvalue weighted by molar-refractivity contribution is 5.96. The smallest absolute Gasteiger partial charge is 0.325 e. The maximum Gasteiger partial charge on any atom is 0.325 e. The highest BCUT2D eigenvalue weighted by atomic mass is 16.6. The van der Waals surface area contributed by atoms with Crippen LogP contribution in [0.4, 0.5) is 5.69 Å². The quantitative estimate of drug-likeness (QED) is 0.310. The Bertz CT molecular complexity index is 1280. The standard InChI is InChI=1S/C33H45N5O6/c1-5-42-31(41)25-7-6-16-38(22-25)17-18-43-28-14-12-27(13-15-28)37-32-35-19-26(20-36-32)23-8-10-24(11-9-23)30(40)34-21-29(39)44-33(2,3)4/h8-15,19,25-26,32,36-37H,5-7,16-18,20-22H2,1-4H3,(H,34,40). The number of esters is 2. The van der Waals surface area contributed by atoms with Crippen molar-refractivity contribution in [1.29, 1.82) is 0 Å². The summed E-state index contributed by atoms with van der Waals surface area (Å²) in [6.07, 6.45) is 3.53. The summed E-state index contributed by atoms with van der Waals surface area (Å²) in [5.74, 6) is -0.0904. The van der Waals surface area contributed by atoms with Gasteiger partial charge in [-0.25, -0.2) is 0 Å². The summed E-state index contributed by atoms with van der Waals surface area (Å²) < 4.78 is 16.4. The lowest BCUT2D eigenvalue weighted by atomic mass is 9.98. The Labute approximate surface area is 259 Å². The molecule has 0 radical (unpaired) electrons. The molecule has 2 aromatic rings. The van der Waals surface area contributed by atoms with Crippen LogP contribution in [0.1, 0.15) is 62.4 Å². The van der Waals surface area contributed by atoms with Gasteiger partial charge in [-0.1, -0.05) is 12.1 Å². The molecule has 0 aliphatic carbocycles. The lowest BCUT2D eigenvalue weighted by Gasteiger charge is -2.31. The maximum absolute atomic E-state index is 12.4. The van der Waals surface area contributed by atoms with Crippen LogP contribution in [0.15, 0.2) is 53.5 Å². The van der Waals surface area contributed by atoms with Crippen molar-refractivity contribution in [2.45, 2.75) is 58.3 Å². The van der Waals surface area contributed by atoms with E-state index in [1.807, 2.05) is 49.5 Å². The second kappa shape index (κ2) is 15.7. The Kier molecular flexibility index (Phi) is 11.7. The number of benzene rings is 2. The number of piperidine rings is 1. The summed E-state index contributed by atoms with van der Waals surface area (Å²) in [5, 5.41) is 9.37. The van der Waals surface area contributed by atoms with Gasteiger partial charge in [0.05, 0.1) is 12.5 Å². The first-order valence-electron chi connectivity index (χ1n) is 15.3. The molecule has 1 fully saturated rings. The van der Waals surface area contributed by atoms with E-state index < -0.39 is 11.6 Å². The van der Waals surface area contributed by atoms with Gasteiger partial charge in [0.1, 0.15) is 24.5 Å². The number of hydrogen-bond donors (Lipinski definition) is 3. The number of ether oxygens (including phenoxy) is 3. The number of likely N-dealkylation sites (tertiary alicyclic amines) is 1. The molecule has 2 heterocycles. The summed E-state index contributed by atoms with van der Waals surface area (Å²) in [6, 6.07) is 15.1. The van der Waals surface area contributed by atoms with Gasteiger partial charge in [-0.15, -0.1) is 0 Å². The van der Waals surface area contributed by atoms with Crippen molar-refractivity contribution in [3.63, 3.8) is 0 Å². The Morgan fingerprint density at radius 1 is 1.07 bits per heavy atom. The predicted octanol–water partition coefficient (Wildman–Crippen LogP) is 3.57. The number of hydrogen-bond acceptors (Lipinski definition) is 10. The Morgan fingerprint density at radius 2 is 1.82 bits per heavy atom. The number of anilines is 1. The normalized spacial score (nSPS) is 20.4. The van der Waals surface area contributed by atoms with Gasteiger partial charge >= 0.3 is 11.9 Å². The average Bonchev–Trinajstić information content (AvgIpc) is 3.01. The molecule has 4 rings (SSSR count). The zero-order valence-corrected chi connectivity index (χ0v) is 26.1. The van der Waals surface area contributed by atoms with Crippen LogP contribution in [-0.2, 0) is 19.1 Å². The van der Waals surface area contributed by atoms with Gasteiger partial charge in [0, 0.05) is 43.0 Å². The van der Waals surface area contributed by atoms with Crippen molar-refractivity contribution >= 4 is 29.7 Å². The zero-order chi connectivity index (χ0) is 31.5. The van der Waals surface area contributed by atoms with E-state index in [1.165, 1.54) is 0 Å². The van der Waals surface area contributed by atoms with Crippen LogP contribution >= 0.6 is 0 Å². The van der Waals surface area contributed by atoms with E-state index in [2.05, 4.69) is 25.8 Å². The highest BCUT2D eigenvalue weighted by Crippen LogP contribution is 2.21. The fourth-order valence-electron chi connectivity index (χ4n) is 5.15. The molecule has 0 bridgehead atoms. The molecule has 11 nitrogen and oxygen atoms in total. The van der Waals surface area contributed by atoms with Crippen molar-refractivity contribution in [3.8, 4) is 5.75 Å². The van der Waals surface area contributed by atoms with Crippen LogP contribution in [-0.4, -0.2) is 86.8 Å². The molecule has 0 spiro atoms. The molecular weight excluding hydrogens is 562 g/mol. The third-order valence-corrected chi connectivity index (χ3v) is 7.32. The van der Waals surface area contributed by atoms with E-state index in [4.69, 9.17) is 14.2 Å². The van der Waals surface area contributed by atoms with E-state index in [0.29, 0.717) is 25.3 Å². The number of carbonyl (C=O) groups excluding carboxylic acids is 3. The molecular formula is C33H45N5O6. The van der Waals surface area contributed by atoms with E-state index in [9.17, 15) is 14.4 Å². The first-order valence-corrected chi connectivity index (χ1v) is 15.3. The molecule has 238 valence electrons. The van der Waals surface area contributed by atoms with Crippen molar-refractivity contribution in [2.24, 2.45) is 10.9 Å². The summed E-state index contributed by atoms with van der Waals surface area (Å²) in [4.78, 5) is 43.2. The van der Waals surface area contributed by atoms with Crippen molar-refractivity contribution < 1.29 is 28.6 Å². The van der Waals surface area contributed by atoms with Gasteiger partial charge in [0.25, 0.3) is 5.91 Å². The van der Waals surface area contributed by atoms with Gasteiger partial charge in [-0.3, -0.25) is 29.6 Å². The molecule has 3 unspecified atom stereocenters. The first-order chi connectivity index (χ1) is 21.1. The Balaban J connectivity index is 1.17. The molecule has 3 atom stereocenters. The summed E-state index contributed by atoms with van der Waals surface area (Å²) in [6.45, 7) is 11.1. The molecule has 11 heteroatoms. The predicted molar refractivity (Wildman–Crippen MR) is 169 cm³/mol. The highest BCUT2D eigenvalue weighted by Gasteiger charge is 2.26. The second-order valence-electron chi connectivity index (χ2n) is 12.0. The van der Waals surface area contributed by atoms with Crippen molar-refractivity contribution in [2.75, 3.05) is 51.3 Å². The topological polar surface area (TPSA) is 131 Å². The monoisotopic (exact) mass is 607 g/mol. The van der Waals surface area contributed by atoms with Gasteiger partial charge < -0.3 is 24.8 Å². The second-order valence-corrected chi connectivity index (χ2v) is 12.0. The van der Waals surface area contributed by atoms with Crippen LogP contribution in [0.2, 0.25) is 0 Å². The van der Waals surface area contributed by atoms with E-state index in [0.717, 1.165) is 49.5 Å². The largest absolute Gasteiger partial charge is 0.492 e.